The second kappa shape index (κ2) is 7.26. The smallest absolute Gasteiger partial charge is 0.169 e. The summed E-state index contributed by atoms with van der Waals surface area (Å²) in [4.78, 5) is 2.60. The van der Waals surface area contributed by atoms with E-state index in [9.17, 15) is 0 Å². The quantitative estimate of drug-likeness (QED) is 0.594. The second-order valence-electron chi connectivity index (χ2n) is 7.06. The van der Waals surface area contributed by atoms with Gasteiger partial charge in [0.15, 0.2) is 12.4 Å². The minimum absolute atomic E-state index is 1.02. The highest BCUT2D eigenvalue weighted by Gasteiger charge is 2.23. The predicted octanol–water partition coefficient (Wildman–Crippen LogP) is 4.42. The van der Waals surface area contributed by atoms with Crippen molar-refractivity contribution < 1.29 is 4.57 Å². The van der Waals surface area contributed by atoms with Gasteiger partial charge in [-0.25, -0.2) is 4.57 Å². The normalized spacial score (nSPS) is 16.6. The van der Waals surface area contributed by atoms with Crippen LogP contribution < -0.4 is 9.47 Å². The number of aryl methyl sites for hydroxylation is 3. The van der Waals surface area contributed by atoms with E-state index in [-0.39, 0.29) is 0 Å². The first-order chi connectivity index (χ1) is 12.3. The predicted molar refractivity (Wildman–Crippen MR) is 106 cm³/mol. The third kappa shape index (κ3) is 3.53. The molecule has 0 radical (unpaired) electrons. The zero-order chi connectivity index (χ0) is 17.1. The van der Waals surface area contributed by atoms with Gasteiger partial charge < -0.3 is 4.90 Å². The number of pyridine rings is 1. The van der Waals surface area contributed by atoms with Gasteiger partial charge in [0.1, 0.15) is 6.54 Å². The summed E-state index contributed by atoms with van der Waals surface area (Å²) in [6.07, 6.45) is 18.0. The SMILES string of the molecule is CC[n+]1ccc(/C=C/C=C/c2cc3c4c(c2)CCCN4CCC3)cc1. The van der Waals surface area contributed by atoms with E-state index in [0.29, 0.717) is 0 Å². The molecular formula is C23H27N2+. The van der Waals surface area contributed by atoms with Gasteiger partial charge in [-0.05, 0) is 67.0 Å². The zero-order valence-corrected chi connectivity index (χ0v) is 15.1. The van der Waals surface area contributed by atoms with E-state index in [1.54, 1.807) is 16.8 Å². The Morgan fingerprint density at radius 1 is 0.920 bits per heavy atom. The third-order valence-electron chi connectivity index (χ3n) is 5.33. The van der Waals surface area contributed by atoms with E-state index in [1.807, 2.05) is 0 Å². The first-order valence-corrected chi connectivity index (χ1v) is 9.58. The summed E-state index contributed by atoms with van der Waals surface area (Å²) in [5, 5.41) is 0. The highest BCUT2D eigenvalue weighted by molar-refractivity contribution is 5.68. The fourth-order valence-electron chi connectivity index (χ4n) is 4.05. The van der Waals surface area contributed by atoms with E-state index in [4.69, 9.17) is 0 Å². The standard InChI is InChI=1S/C23H27N2/c1-2-24-15-11-19(12-16-24)7-3-4-8-20-17-21-9-5-13-25-14-6-10-22(18-20)23(21)25/h3-4,7-8,11-12,15-18H,2,5-6,9-10,13-14H2,1H3/q+1. The molecule has 25 heavy (non-hydrogen) atoms. The lowest BCUT2D eigenvalue weighted by Gasteiger charge is -2.37. The molecule has 3 heterocycles. The molecule has 2 nitrogen and oxygen atoms in total. The summed E-state index contributed by atoms with van der Waals surface area (Å²) >= 11 is 0. The van der Waals surface area contributed by atoms with Crippen molar-refractivity contribution in [1.29, 1.82) is 0 Å². The number of anilines is 1. The Bertz CT molecular complexity index is 768. The molecule has 0 bridgehead atoms. The van der Waals surface area contributed by atoms with Crippen LogP contribution in [0.5, 0.6) is 0 Å². The molecule has 0 amide bonds. The van der Waals surface area contributed by atoms with Crippen molar-refractivity contribution in [2.75, 3.05) is 18.0 Å². The van der Waals surface area contributed by atoms with Crippen molar-refractivity contribution in [2.24, 2.45) is 0 Å². The maximum Gasteiger partial charge on any atom is 0.169 e. The van der Waals surface area contributed by atoms with E-state index < -0.39 is 0 Å². The average Bonchev–Trinajstić information content (AvgIpc) is 2.66. The van der Waals surface area contributed by atoms with Gasteiger partial charge in [-0.3, -0.25) is 0 Å². The molecule has 0 aliphatic carbocycles. The lowest BCUT2D eigenvalue weighted by Crippen LogP contribution is -2.34. The van der Waals surface area contributed by atoms with Gasteiger partial charge in [-0.2, -0.15) is 0 Å². The molecule has 1 aromatic heterocycles. The van der Waals surface area contributed by atoms with E-state index in [2.05, 4.69) is 77.4 Å². The highest BCUT2D eigenvalue weighted by Crippen LogP contribution is 2.36. The van der Waals surface area contributed by atoms with Gasteiger partial charge in [-0.15, -0.1) is 0 Å². The van der Waals surface area contributed by atoms with Crippen LogP contribution in [0.3, 0.4) is 0 Å². The molecule has 2 aliphatic heterocycles. The Labute approximate surface area is 151 Å². The maximum atomic E-state index is 2.60. The van der Waals surface area contributed by atoms with Crippen LogP contribution in [0.25, 0.3) is 12.2 Å². The summed E-state index contributed by atoms with van der Waals surface area (Å²) in [6.45, 7) is 5.66. The molecule has 0 N–H and O–H groups in total. The molecule has 128 valence electrons. The van der Waals surface area contributed by atoms with Crippen molar-refractivity contribution in [3.05, 3.63) is 71.1 Å². The van der Waals surface area contributed by atoms with E-state index >= 15 is 0 Å². The molecule has 0 unspecified atom stereocenters. The largest absolute Gasteiger partial charge is 0.371 e. The molecular weight excluding hydrogens is 304 g/mol. The highest BCUT2D eigenvalue weighted by atomic mass is 15.1. The van der Waals surface area contributed by atoms with Gasteiger partial charge in [0, 0.05) is 30.9 Å². The van der Waals surface area contributed by atoms with Crippen molar-refractivity contribution in [2.45, 2.75) is 39.2 Å². The Kier molecular flexibility index (Phi) is 4.69. The van der Waals surface area contributed by atoms with Crippen molar-refractivity contribution in [1.82, 2.24) is 0 Å². The minimum Gasteiger partial charge on any atom is -0.371 e. The Morgan fingerprint density at radius 3 is 2.12 bits per heavy atom. The topological polar surface area (TPSA) is 7.12 Å². The average molecular weight is 331 g/mol. The van der Waals surface area contributed by atoms with E-state index in [0.717, 1.165) is 6.54 Å². The van der Waals surface area contributed by atoms with E-state index in [1.165, 1.54) is 49.9 Å². The van der Waals surface area contributed by atoms with Crippen LogP contribution in [0.4, 0.5) is 5.69 Å². The molecule has 2 aliphatic rings. The van der Waals surface area contributed by atoms with Gasteiger partial charge in [-0.1, -0.05) is 24.3 Å². The number of rotatable bonds is 4. The van der Waals surface area contributed by atoms with Crippen LogP contribution in [-0.2, 0) is 19.4 Å². The van der Waals surface area contributed by atoms with Crippen molar-refractivity contribution in [3.8, 4) is 0 Å². The Morgan fingerprint density at radius 2 is 1.52 bits per heavy atom. The molecule has 0 saturated heterocycles. The Hall–Kier alpha value is -2.35. The molecule has 2 aromatic rings. The van der Waals surface area contributed by atoms with Gasteiger partial charge >= 0.3 is 0 Å². The first-order valence-electron chi connectivity index (χ1n) is 9.58. The van der Waals surface area contributed by atoms with Gasteiger partial charge in [0.05, 0.1) is 0 Å². The third-order valence-corrected chi connectivity index (χ3v) is 5.33. The van der Waals surface area contributed by atoms with Crippen LogP contribution in [0, 0.1) is 0 Å². The van der Waals surface area contributed by atoms with Crippen molar-refractivity contribution >= 4 is 17.8 Å². The number of hydrogen-bond acceptors (Lipinski definition) is 1. The van der Waals surface area contributed by atoms with Gasteiger partial charge in [0.2, 0.25) is 0 Å². The number of hydrogen-bond donors (Lipinski definition) is 0. The fraction of sp³-hybridized carbons (Fsp3) is 0.348. The summed E-state index contributed by atoms with van der Waals surface area (Å²) < 4.78 is 2.18. The molecule has 4 rings (SSSR count). The van der Waals surface area contributed by atoms with Crippen LogP contribution in [0.1, 0.15) is 42.0 Å². The minimum atomic E-state index is 1.02. The zero-order valence-electron chi connectivity index (χ0n) is 15.1. The summed E-state index contributed by atoms with van der Waals surface area (Å²) in [6, 6.07) is 9.11. The van der Waals surface area contributed by atoms with Crippen LogP contribution in [-0.4, -0.2) is 13.1 Å². The summed E-state index contributed by atoms with van der Waals surface area (Å²) in [5.41, 5.74) is 7.25. The Balaban J connectivity index is 1.50. The molecule has 1 aromatic carbocycles. The van der Waals surface area contributed by atoms with Crippen LogP contribution in [0.2, 0.25) is 0 Å². The molecule has 0 spiro atoms. The van der Waals surface area contributed by atoms with Crippen molar-refractivity contribution in [3.63, 3.8) is 0 Å². The van der Waals surface area contributed by atoms with Crippen LogP contribution >= 0.6 is 0 Å². The van der Waals surface area contributed by atoms with Gasteiger partial charge in [0.25, 0.3) is 0 Å². The molecule has 0 saturated carbocycles. The lowest BCUT2D eigenvalue weighted by molar-refractivity contribution is -0.693. The lowest BCUT2D eigenvalue weighted by atomic mass is 9.90. The number of nitrogens with zero attached hydrogens (tertiary/aromatic N) is 2. The fourth-order valence-corrected chi connectivity index (χ4v) is 4.05. The molecule has 0 atom stereocenters. The van der Waals surface area contributed by atoms with Crippen LogP contribution in [0.15, 0.2) is 48.8 Å². The number of allylic oxidation sites excluding steroid dienone is 2. The number of aromatic nitrogens is 1. The second-order valence-corrected chi connectivity index (χ2v) is 7.06. The molecule has 2 heteroatoms. The number of benzene rings is 1. The summed E-state index contributed by atoms with van der Waals surface area (Å²) in [5.74, 6) is 0. The monoisotopic (exact) mass is 331 g/mol. The first kappa shape index (κ1) is 16.1. The molecule has 0 fully saturated rings. The maximum absolute atomic E-state index is 2.60. The summed E-state index contributed by atoms with van der Waals surface area (Å²) in [7, 11) is 0.